The summed E-state index contributed by atoms with van der Waals surface area (Å²) in [5, 5.41) is 21.9. The van der Waals surface area contributed by atoms with E-state index in [-0.39, 0.29) is 17.7 Å². The minimum atomic E-state index is -0.548. The smallest absolute Gasteiger partial charge is 0.223 e. The molecular formula is C28H41N5O2S. The molecule has 36 heavy (non-hydrogen) atoms. The van der Waals surface area contributed by atoms with Crippen molar-refractivity contribution in [1.82, 2.24) is 20.6 Å². The SMILES string of the molecule is Cc1cnc(NC2CC(C)(C)NC(C)(C)C2)nc1-c1cc2ccc(OCC(O)CNC(C)C)cc2s1. The summed E-state index contributed by atoms with van der Waals surface area (Å²) in [6.07, 6.45) is 3.38. The highest BCUT2D eigenvalue weighted by Gasteiger charge is 2.37. The second-order valence-electron chi connectivity index (χ2n) is 11.7. The predicted molar refractivity (Wildman–Crippen MR) is 150 cm³/mol. The molecule has 7 nitrogen and oxygen atoms in total. The van der Waals surface area contributed by atoms with Gasteiger partial charge >= 0.3 is 0 Å². The van der Waals surface area contributed by atoms with Crippen molar-refractivity contribution >= 4 is 27.4 Å². The van der Waals surface area contributed by atoms with Crippen LogP contribution in [-0.4, -0.2) is 57.5 Å². The number of anilines is 1. The van der Waals surface area contributed by atoms with E-state index in [2.05, 4.69) is 81.5 Å². The van der Waals surface area contributed by atoms with Crippen molar-refractivity contribution < 1.29 is 9.84 Å². The zero-order chi connectivity index (χ0) is 26.1. The highest BCUT2D eigenvalue weighted by atomic mass is 32.1. The summed E-state index contributed by atoms with van der Waals surface area (Å²) in [5.41, 5.74) is 2.12. The number of thiophene rings is 1. The molecule has 1 saturated heterocycles. The number of aliphatic hydroxyl groups excluding tert-OH is 1. The fourth-order valence-corrected chi connectivity index (χ4v) is 6.36. The molecule has 0 bridgehead atoms. The van der Waals surface area contributed by atoms with Gasteiger partial charge < -0.3 is 25.8 Å². The number of nitrogens with one attached hydrogen (secondary N) is 3. The molecule has 1 aromatic carbocycles. The van der Waals surface area contributed by atoms with Crippen molar-refractivity contribution in [3.8, 4) is 16.3 Å². The average Bonchev–Trinajstić information content (AvgIpc) is 3.18. The van der Waals surface area contributed by atoms with Crippen LogP contribution in [0, 0.1) is 6.92 Å². The van der Waals surface area contributed by atoms with Gasteiger partial charge in [-0.05, 0) is 82.7 Å². The lowest BCUT2D eigenvalue weighted by atomic mass is 9.80. The zero-order valence-corrected chi connectivity index (χ0v) is 23.4. The molecular weight excluding hydrogens is 470 g/mol. The molecule has 8 heteroatoms. The molecule has 0 amide bonds. The van der Waals surface area contributed by atoms with Gasteiger partial charge in [-0.25, -0.2) is 9.97 Å². The minimum Gasteiger partial charge on any atom is -0.491 e. The summed E-state index contributed by atoms with van der Waals surface area (Å²) < 4.78 is 6.99. The topological polar surface area (TPSA) is 91.3 Å². The lowest BCUT2D eigenvalue weighted by Crippen LogP contribution is -2.60. The molecule has 1 fully saturated rings. The van der Waals surface area contributed by atoms with Crippen LogP contribution in [0.5, 0.6) is 5.75 Å². The van der Waals surface area contributed by atoms with Gasteiger partial charge in [0.25, 0.3) is 0 Å². The highest BCUT2D eigenvalue weighted by Crippen LogP contribution is 2.36. The first-order valence-electron chi connectivity index (χ1n) is 12.9. The number of fused-ring (bicyclic) bond motifs is 1. The Labute approximate surface area is 219 Å². The Hall–Kier alpha value is -2.26. The van der Waals surface area contributed by atoms with Crippen molar-refractivity contribution in [2.45, 2.75) is 90.6 Å². The summed E-state index contributed by atoms with van der Waals surface area (Å²) in [4.78, 5) is 10.7. The second-order valence-corrected chi connectivity index (χ2v) is 12.8. The Morgan fingerprint density at radius 1 is 1.17 bits per heavy atom. The summed E-state index contributed by atoms with van der Waals surface area (Å²) >= 11 is 1.70. The van der Waals surface area contributed by atoms with Gasteiger partial charge in [-0.2, -0.15) is 0 Å². The van der Waals surface area contributed by atoms with Crippen LogP contribution in [0.4, 0.5) is 5.95 Å². The zero-order valence-electron chi connectivity index (χ0n) is 22.6. The molecule has 2 aromatic heterocycles. The average molecular weight is 512 g/mol. The summed E-state index contributed by atoms with van der Waals surface area (Å²) in [5.74, 6) is 1.44. The van der Waals surface area contributed by atoms with Crippen molar-refractivity contribution in [3.05, 3.63) is 36.0 Å². The number of nitrogens with zero attached hydrogens (tertiary/aromatic N) is 2. The second kappa shape index (κ2) is 10.6. The van der Waals surface area contributed by atoms with E-state index in [4.69, 9.17) is 9.72 Å². The fraction of sp³-hybridized carbons (Fsp3) is 0.571. The Morgan fingerprint density at radius 2 is 1.89 bits per heavy atom. The van der Waals surface area contributed by atoms with Crippen molar-refractivity contribution in [2.24, 2.45) is 0 Å². The van der Waals surface area contributed by atoms with E-state index in [1.54, 1.807) is 11.3 Å². The van der Waals surface area contributed by atoms with Gasteiger partial charge in [0, 0.05) is 40.6 Å². The summed E-state index contributed by atoms with van der Waals surface area (Å²) in [6, 6.07) is 8.89. The van der Waals surface area contributed by atoms with Crippen molar-refractivity contribution in [3.63, 3.8) is 0 Å². The van der Waals surface area contributed by atoms with Crippen LogP contribution in [0.2, 0.25) is 0 Å². The molecule has 1 atom stereocenters. The molecule has 0 radical (unpaired) electrons. The highest BCUT2D eigenvalue weighted by molar-refractivity contribution is 7.22. The number of aromatic nitrogens is 2. The van der Waals surface area contributed by atoms with E-state index in [9.17, 15) is 5.11 Å². The van der Waals surface area contributed by atoms with E-state index in [0.29, 0.717) is 24.6 Å². The monoisotopic (exact) mass is 511 g/mol. The van der Waals surface area contributed by atoms with Crippen LogP contribution < -0.4 is 20.7 Å². The quantitative estimate of drug-likeness (QED) is 0.317. The third kappa shape index (κ3) is 6.94. The maximum atomic E-state index is 10.1. The molecule has 4 N–H and O–H groups in total. The third-order valence-corrected chi connectivity index (χ3v) is 7.53. The van der Waals surface area contributed by atoms with Crippen molar-refractivity contribution in [2.75, 3.05) is 18.5 Å². The summed E-state index contributed by atoms with van der Waals surface area (Å²) in [6.45, 7) is 16.0. The first-order valence-corrected chi connectivity index (χ1v) is 13.7. The van der Waals surface area contributed by atoms with E-state index < -0.39 is 6.10 Å². The molecule has 1 unspecified atom stereocenters. The summed E-state index contributed by atoms with van der Waals surface area (Å²) in [7, 11) is 0. The Bertz CT molecular complexity index is 1170. The van der Waals surface area contributed by atoms with Gasteiger partial charge in [0.05, 0.1) is 10.6 Å². The maximum Gasteiger partial charge on any atom is 0.223 e. The number of ether oxygens (including phenoxy) is 1. The standard InChI is InChI=1S/C28H41N5O2S/c1-17(2)29-15-21(34)16-35-22-9-8-19-10-24(36-23(19)11-22)25-18(3)14-30-26(32-25)31-20-12-27(4,5)33-28(6,7)13-20/h8-11,14,17,20-21,29,33-34H,12-13,15-16H2,1-7H3,(H,30,31,32). The molecule has 3 heterocycles. The molecule has 1 aliphatic heterocycles. The van der Waals surface area contributed by atoms with Gasteiger partial charge in [-0.1, -0.05) is 13.8 Å². The van der Waals surface area contributed by atoms with Crippen LogP contribution in [0.15, 0.2) is 30.5 Å². The van der Waals surface area contributed by atoms with Crippen LogP contribution >= 0.6 is 11.3 Å². The molecule has 0 saturated carbocycles. The van der Waals surface area contributed by atoms with E-state index in [1.165, 1.54) is 0 Å². The lowest BCUT2D eigenvalue weighted by molar-refractivity contribution is 0.105. The van der Waals surface area contributed by atoms with E-state index in [1.807, 2.05) is 18.3 Å². The first kappa shape index (κ1) is 26.8. The molecule has 0 spiro atoms. The number of aliphatic hydroxyl groups is 1. The molecule has 196 valence electrons. The van der Waals surface area contributed by atoms with Gasteiger partial charge in [0.1, 0.15) is 18.5 Å². The van der Waals surface area contributed by atoms with Crippen LogP contribution in [0.3, 0.4) is 0 Å². The number of aryl methyl sites for hydroxylation is 1. The van der Waals surface area contributed by atoms with Crippen LogP contribution in [0.25, 0.3) is 20.7 Å². The van der Waals surface area contributed by atoms with Gasteiger partial charge in [0.2, 0.25) is 5.95 Å². The predicted octanol–water partition coefficient (Wildman–Crippen LogP) is 5.13. The number of hydrogen-bond donors (Lipinski definition) is 4. The third-order valence-electron chi connectivity index (χ3n) is 6.42. The van der Waals surface area contributed by atoms with E-state index in [0.717, 1.165) is 44.8 Å². The normalized spacial score (nSPS) is 18.5. The largest absolute Gasteiger partial charge is 0.491 e. The Morgan fingerprint density at radius 3 is 2.58 bits per heavy atom. The Kier molecular flexibility index (Phi) is 7.90. The number of benzene rings is 1. The van der Waals surface area contributed by atoms with Crippen LogP contribution in [0.1, 0.15) is 59.9 Å². The molecule has 3 aromatic rings. The number of rotatable bonds is 9. The molecule has 1 aliphatic rings. The van der Waals surface area contributed by atoms with Crippen molar-refractivity contribution in [1.29, 1.82) is 0 Å². The number of hydrogen-bond acceptors (Lipinski definition) is 8. The van der Waals surface area contributed by atoms with Crippen LogP contribution in [-0.2, 0) is 0 Å². The van der Waals surface area contributed by atoms with E-state index >= 15 is 0 Å². The maximum absolute atomic E-state index is 10.1. The fourth-order valence-electron chi connectivity index (χ4n) is 5.21. The minimum absolute atomic E-state index is 0.0547. The van der Waals surface area contributed by atoms with Gasteiger partial charge in [-0.15, -0.1) is 11.3 Å². The van der Waals surface area contributed by atoms with Gasteiger partial charge in [0.15, 0.2) is 0 Å². The van der Waals surface area contributed by atoms with Gasteiger partial charge in [-0.3, -0.25) is 0 Å². The molecule has 0 aliphatic carbocycles. The first-order chi connectivity index (χ1) is 16.9. The molecule has 4 rings (SSSR count). The Balaban J connectivity index is 1.49. The lowest BCUT2D eigenvalue weighted by Gasteiger charge is -2.46. The number of piperidine rings is 1.